The molecule has 2 heterocycles. The lowest BCUT2D eigenvalue weighted by atomic mass is 10.1. The molecule has 0 bridgehead atoms. The zero-order valence-corrected chi connectivity index (χ0v) is 20.6. The number of fused-ring (bicyclic) bond motifs is 1. The van der Waals surface area contributed by atoms with Gasteiger partial charge in [0.15, 0.2) is 0 Å². The van der Waals surface area contributed by atoms with Crippen LogP contribution in [0.4, 0.5) is 0 Å². The van der Waals surface area contributed by atoms with Crippen molar-refractivity contribution in [2.45, 2.75) is 19.8 Å². The molecule has 0 aliphatic rings. The molecule has 0 atom stereocenters. The van der Waals surface area contributed by atoms with E-state index in [-0.39, 0.29) is 19.8 Å². The quantitative estimate of drug-likeness (QED) is 0.289. The molecular weight excluding hydrogens is 478 g/mol. The minimum Gasteiger partial charge on any atom is -0.496 e. The van der Waals surface area contributed by atoms with Gasteiger partial charge in [0.05, 0.1) is 62.5 Å². The van der Waals surface area contributed by atoms with Crippen molar-refractivity contribution in [3.8, 4) is 39.0 Å². The van der Waals surface area contributed by atoms with Gasteiger partial charge in [-0.25, -0.2) is 9.97 Å². The number of rotatable bonds is 8. The predicted octanol–water partition coefficient (Wildman–Crippen LogP) is 4.31. The lowest BCUT2D eigenvalue weighted by Crippen LogP contribution is -1.99. The summed E-state index contributed by atoms with van der Waals surface area (Å²) in [5, 5.41) is 29.8. The second-order valence-electron chi connectivity index (χ2n) is 8.11. The van der Waals surface area contributed by atoms with Crippen LogP contribution in [-0.4, -0.2) is 44.1 Å². The summed E-state index contributed by atoms with van der Waals surface area (Å²) in [5.74, 6) is 1.17. The lowest BCUT2D eigenvalue weighted by molar-refractivity contribution is 0.254. The zero-order valence-electron chi connectivity index (χ0n) is 19.8. The Bertz CT molecular complexity index is 1530. The van der Waals surface area contributed by atoms with Crippen molar-refractivity contribution < 1.29 is 24.8 Å². The third-order valence-corrected chi connectivity index (χ3v) is 7.27. The minimum atomic E-state index is -0.223. The number of methoxy groups -OCH3 is 2. The van der Waals surface area contributed by atoms with Gasteiger partial charge in [-0.2, -0.15) is 0 Å². The van der Waals surface area contributed by atoms with Crippen molar-refractivity contribution in [1.29, 1.82) is 0 Å². The van der Waals surface area contributed by atoms with Crippen molar-refractivity contribution in [2.24, 2.45) is 0 Å². The summed E-state index contributed by atoms with van der Waals surface area (Å²) in [5.41, 5.74) is 6.30. The summed E-state index contributed by atoms with van der Waals surface area (Å²) in [7, 11) is 3.14. The summed E-state index contributed by atoms with van der Waals surface area (Å²) in [4.78, 5) is 9.10. The van der Waals surface area contributed by atoms with Crippen LogP contribution in [0.3, 0.4) is 0 Å². The highest BCUT2D eigenvalue weighted by molar-refractivity contribution is 7.22. The van der Waals surface area contributed by atoms with Crippen LogP contribution in [0.5, 0.6) is 11.5 Å². The molecule has 3 aromatic carbocycles. The maximum Gasteiger partial charge on any atom is 0.144 e. The molecule has 36 heavy (non-hydrogen) atoms. The number of aromatic nitrogens is 3. The highest BCUT2D eigenvalue weighted by atomic mass is 32.1. The first-order valence-electron chi connectivity index (χ1n) is 11.2. The maximum absolute atomic E-state index is 9.79. The molecule has 2 aromatic heterocycles. The number of aliphatic hydroxyl groups excluding tert-OH is 3. The Morgan fingerprint density at radius 2 is 1.61 bits per heavy atom. The summed E-state index contributed by atoms with van der Waals surface area (Å²) >= 11 is 1.48. The SMILES string of the molecule is COc1cc(-c2cncn2-c2ccc(-c3nc4cc(CO)c(CO)c(OC)c4s3)cc2)ccc1CO. The molecule has 5 aromatic rings. The minimum absolute atomic E-state index is 0.0928. The molecule has 0 aliphatic heterocycles. The van der Waals surface area contributed by atoms with Gasteiger partial charge in [-0.15, -0.1) is 11.3 Å². The van der Waals surface area contributed by atoms with E-state index in [1.807, 2.05) is 47.0 Å². The number of aliphatic hydroxyl groups is 3. The maximum atomic E-state index is 9.79. The first kappa shape index (κ1) is 24.0. The van der Waals surface area contributed by atoms with Crippen molar-refractivity contribution in [3.05, 3.63) is 77.7 Å². The molecule has 0 fully saturated rings. The Labute approximate surface area is 211 Å². The predicted molar refractivity (Wildman–Crippen MR) is 138 cm³/mol. The number of thiazole rings is 1. The number of imidazole rings is 1. The van der Waals surface area contributed by atoms with Crippen LogP contribution in [0.1, 0.15) is 16.7 Å². The number of hydrogen-bond donors (Lipinski definition) is 3. The van der Waals surface area contributed by atoms with E-state index >= 15 is 0 Å². The van der Waals surface area contributed by atoms with Gasteiger partial charge in [-0.3, -0.25) is 4.57 Å². The summed E-state index contributed by atoms with van der Waals surface area (Å²) in [6.45, 7) is -0.519. The highest BCUT2D eigenvalue weighted by Crippen LogP contribution is 2.40. The van der Waals surface area contributed by atoms with E-state index in [4.69, 9.17) is 14.5 Å². The third kappa shape index (κ3) is 4.12. The first-order chi connectivity index (χ1) is 17.6. The summed E-state index contributed by atoms with van der Waals surface area (Å²) in [6, 6.07) is 15.5. The zero-order chi connectivity index (χ0) is 25.2. The van der Waals surface area contributed by atoms with Crippen LogP contribution >= 0.6 is 11.3 Å². The standard InChI is InChI=1S/C27H25N3O5S/c1-34-24-10-17(3-4-18(24)12-31)23-11-28-15-30(23)20-7-5-16(6-8-20)27-29-22-9-19(13-32)21(14-33)25(35-2)26(22)36-27/h3-11,15,31-33H,12-14H2,1-2H3. The number of hydrogen-bond acceptors (Lipinski definition) is 8. The molecule has 3 N–H and O–H groups in total. The van der Waals surface area contributed by atoms with E-state index in [1.165, 1.54) is 11.3 Å². The van der Waals surface area contributed by atoms with Crippen LogP contribution in [-0.2, 0) is 19.8 Å². The van der Waals surface area contributed by atoms with Crippen molar-refractivity contribution in [3.63, 3.8) is 0 Å². The average Bonchev–Trinajstić information content (AvgIpc) is 3.59. The molecule has 0 saturated carbocycles. The van der Waals surface area contributed by atoms with Crippen LogP contribution in [0, 0.1) is 0 Å². The summed E-state index contributed by atoms with van der Waals surface area (Å²) < 4.78 is 13.8. The van der Waals surface area contributed by atoms with Gasteiger partial charge in [0.1, 0.15) is 16.5 Å². The van der Waals surface area contributed by atoms with Crippen LogP contribution in [0.2, 0.25) is 0 Å². The van der Waals surface area contributed by atoms with Gasteiger partial charge >= 0.3 is 0 Å². The Kier molecular flexibility index (Phi) is 6.71. The first-order valence-corrected chi connectivity index (χ1v) is 12.1. The number of ether oxygens (including phenoxy) is 2. The number of benzene rings is 3. The fourth-order valence-electron chi connectivity index (χ4n) is 4.29. The van der Waals surface area contributed by atoms with Crippen molar-refractivity contribution in [1.82, 2.24) is 14.5 Å². The second-order valence-corrected chi connectivity index (χ2v) is 9.11. The van der Waals surface area contributed by atoms with E-state index < -0.39 is 0 Å². The van der Waals surface area contributed by atoms with Crippen LogP contribution < -0.4 is 9.47 Å². The van der Waals surface area contributed by atoms with E-state index in [1.54, 1.807) is 32.8 Å². The molecule has 5 rings (SSSR count). The largest absolute Gasteiger partial charge is 0.496 e. The van der Waals surface area contributed by atoms with E-state index in [0.29, 0.717) is 28.1 Å². The molecule has 9 heteroatoms. The topological polar surface area (TPSA) is 110 Å². The third-order valence-electron chi connectivity index (χ3n) is 6.15. The molecule has 0 unspecified atom stereocenters. The highest BCUT2D eigenvalue weighted by Gasteiger charge is 2.18. The molecule has 0 amide bonds. The molecule has 8 nitrogen and oxygen atoms in total. The second kappa shape index (κ2) is 10.1. The Morgan fingerprint density at radius 3 is 2.28 bits per heavy atom. The van der Waals surface area contributed by atoms with E-state index in [2.05, 4.69) is 4.98 Å². The van der Waals surface area contributed by atoms with Crippen LogP contribution in [0.15, 0.2) is 61.1 Å². The van der Waals surface area contributed by atoms with Gasteiger partial charge in [-0.1, -0.05) is 12.1 Å². The average molecular weight is 504 g/mol. The van der Waals surface area contributed by atoms with Gasteiger partial charge < -0.3 is 24.8 Å². The Hall–Kier alpha value is -3.76. The Morgan fingerprint density at radius 1 is 0.861 bits per heavy atom. The van der Waals surface area contributed by atoms with Crippen LogP contribution in [0.25, 0.3) is 37.7 Å². The van der Waals surface area contributed by atoms with Gasteiger partial charge in [0.25, 0.3) is 0 Å². The van der Waals surface area contributed by atoms with Gasteiger partial charge in [0.2, 0.25) is 0 Å². The van der Waals surface area contributed by atoms with Crippen molar-refractivity contribution >= 4 is 21.6 Å². The van der Waals surface area contributed by atoms with Gasteiger partial charge in [-0.05, 0) is 42.0 Å². The molecule has 0 aliphatic carbocycles. The normalized spacial score (nSPS) is 11.2. The summed E-state index contributed by atoms with van der Waals surface area (Å²) in [6.07, 6.45) is 3.55. The smallest absolute Gasteiger partial charge is 0.144 e. The van der Waals surface area contributed by atoms with Crippen molar-refractivity contribution in [2.75, 3.05) is 14.2 Å². The van der Waals surface area contributed by atoms with Gasteiger partial charge in [0, 0.05) is 27.9 Å². The van der Waals surface area contributed by atoms with E-state index in [0.717, 1.165) is 37.8 Å². The molecule has 184 valence electrons. The number of nitrogens with zero attached hydrogens (tertiary/aromatic N) is 3. The Balaban J connectivity index is 1.51. The molecular formula is C27H25N3O5S. The molecule has 0 saturated heterocycles. The fourth-order valence-corrected chi connectivity index (χ4v) is 5.39. The molecule has 0 spiro atoms. The monoisotopic (exact) mass is 503 g/mol. The lowest BCUT2D eigenvalue weighted by Gasteiger charge is -2.12. The van der Waals surface area contributed by atoms with E-state index in [9.17, 15) is 15.3 Å². The fraction of sp³-hybridized carbons (Fsp3) is 0.185. The molecule has 0 radical (unpaired) electrons.